The van der Waals surface area contributed by atoms with E-state index in [-0.39, 0.29) is 11.2 Å². The fourth-order valence-electron chi connectivity index (χ4n) is 3.26. The highest BCUT2D eigenvalue weighted by atomic mass is 16.5. The minimum atomic E-state index is -0.397. The van der Waals surface area contributed by atoms with Crippen LogP contribution in [0.2, 0.25) is 0 Å². The summed E-state index contributed by atoms with van der Waals surface area (Å²) in [6.45, 7) is 4.02. The second kappa shape index (κ2) is 6.39. The van der Waals surface area contributed by atoms with Crippen molar-refractivity contribution in [2.24, 2.45) is 5.41 Å². The molecular weight excluding hydrogens is 320 g/mol. The van der Waals surface area contributed by atoms with Crippen LogP contribution in [-0.4, -0.2) is 26.0 Å². The molecule has 0 unspecified atom stereocenters. The second-order valence-electron chi connectivity index (χ2n) is 7.22. The first-order valence-corrected chi connectivity index (χ1v) is 8.22. The smallest absolute Gasteiger partial charge is 0.339 e. The molecule has 0 bridgehead atoms. The van der Waals surface area contributed by atoms with Gasteiger partial charge in [-0.25, -0.2) is 4.79 Å². The Hall–Kier alpha value is -2.56. The van der Waals surface area contributed by atoms with E-state index in [9.17, 15) is 9.59 Å². The summed E-state index contributed by atoms with van der Waals surface area (Å²) in [6, 6.07) is 5.37. The largest absolute Gasteiger partial charge is 0.497 e. The number of hydrogen-bond donors (Lipinski definition) is 0. The summed E-state index contributed by atoms with van der Waals surface area (Å²) < 4.78 is 16.0. The molecule has 1 aliphatic carbocycles. The first kappa shape index (κ1) is 17.3. The number of esters is 1. The number of carbonyl (C=O) groups is 2. The van der Waals surface area contributed by atoms with E-state index in [0.29, 0.717) is 47.7 Å². The molecule has 1 aliphatic heterocycles. The summed E-state index contributed by atoms with van der Waals surface area (Å²) >= 11 is 0. The molecule has 0 spiro atoms. The molecule has 0 N–H and O–H groups in total. The van der Waals surface area contributed by atoms with Crippen LogP contribution >= 0.6 is 0 Å². The molecule has 1 aromatic carbocycles. The Morgan fingerprint density at radius 1 is 1.04 bits per heavy atom. The summed E-state index contributed by atoms with van der Waals surface area (Å²) in [5.41, 5.74) is 1.68. The van der Waals surface area contributed by atoms with Gasteiger partial charge in [-0.1, -0.05) is 13.8 Å². The number of ketones is 1. The SMILES string of the molecule is COc1cc(/C=C2\CC3=C(CC(C)(C)CC3=O)OC2=O)cc(OC)c1. The lowest BCUT2D eigenvalue weighted by Crippen LogP contribution is -2.31. The Kier molecular flexibility index (Phi) is 4.41. The van der Waals surface area contributed by atoms with E-state index in [0.717, 1.165) is 5.56 Å². The number of rotatable bonds is 3. The van der Waals surface area contributed by atoms with Crippen LogP contribution in [0, 0.1) is 5.41 Å². The number of allylic oxidation sites excluding steroid dienone is 2. The maximum absolute atomic E-state index is 12.4. The van der Waals surface area contributed by atoms with Gasteiger partial charge in [0.05, 0.1) is 14.2 Å². The quantitative estimate of drug-likeness (QED) is 0.619. The van der Waals surface area contributed by atoms with Crippen molar-refractivity contribution in [1.29, 1.82) is 0 Å². The van der Waals surface area contributed by atoms with Crippen LogP contribution in [0.3, 0.4) is 0 Å². The third kappa shape index (κ3) is 3.60. The molecule has 5 nitrogen and oxygen atoms in total. The van der Waals surface area contributed by atoms with Crippen molar-refractivity contribution in [1.82, 2.24) is 0 Å². The standard InChI is InChI=1S/C20H22O5/c1-20(2)10-17(21)16-8-13(19(22)25-18(16)11-20)5-12-6-14(23-3)9-15(7-12)24-4/h5-7,9H,8,10-11H2,1-4H3/b13-5+. The molecule has 5 heteroatoms. The van der Waals surface area contributed by atoms with Crippen molar-refractivity contribution in [3.63, 3.8) is 0 Å². The number of ether oxygens (including phenoxy) is 3. The molecule has 0 amide bonds. The lowest BCUT2D eigenvalue weighted by molar-refractivity contribution is -0.137. The van der Waals surface area contributed by atoms with Gasteiger partial charge in [0.1, 0.15) is 17.3 Å². The average Bonchev–Trinajstić information content (AvgIpc) is 2.55. The van der Waals surface area contributed by atoms with Crippen LogP contribution in [0.1, 0.15) is 38.7 Å². The molecule has 0 fully saturated rings. The molecule has 0 aromatic heterocycles. The molecule has 2 aliphatic rings. The average molecular weight is 342 g/mol. The summed E-state index contributed by atoms with van der Waals surface area (Å²) in [4.78, 5) is 24.8. The minimum Gasteiger partial charge on any atom is -0.497 e. The second-order valence-corrected chi connectivity index (χ2v) is 7.22. The summed E-state index contributed by atoms with van der Waals surface area (Å²) in [7, 11) is 3.14. The van der Waals surface area contributed by atoms with Gasteiger partial charge in [0.15, 0.2) is 5.78 Å². The van der Waals surface area contributed by atoms with Gasteiger partial charge in [-0.15, -0.1) is 0 Å². The van der Waals surface area contributed by atoms with Crippen molar-refractivity contribution in [2.45, 2.75) is 33.1 Å². The Labute approximate surface area is 147 Å². The van der Waals surface area contributed by atoms with E-state index in [1.54, 1.807) is 38.5 Å². The molecule has 1 heterocycles. The molecule has 0 radical (unpaired) electrons. The zero-order valence-electron chi connectivity index (χ0n) is 15.0. The predicted molar refractivity (Wildman–Crippen MR) is 93.3 cm³/mol. The Morgan fingerprint density at radius 3 is 2.28 bits per heavy atom. The number of hydrogen-bond acceptors (Lipinski definition) is 5. The normalized spacial score (nSPS) is 21.0. The van der Waals surface area contributed by atoms with Gasteiger partial charge < -0.3 is 14.2 Å². The first-order valence-electron chi connectivity index (χ1n) is 8.22. The fraction of sp³-hybridized carbons (Fsp3) is 0.400. The van der Waals surface area contributed by atoms with E-state index in [2.05, 4.69) is 0 Å². The molecule has 1 aromatic rings. The van der Waals surface area contributed by atoms with Crippen molar-refractivity contribution < 1.29 is 23.8 Å². The summed E-state index contributed by atoms with van der Waals surface area (Å²) in [6.07, 6.45) is 3.12. The van der Waals surface area contributed by atoms with Crippen LogP contribution in [0.5, 0.6) is 11.5 Å². The zero-order valence-corrected chi connectivity index (χ0v) is 15.0. The van der Waals surface area contributed by atoms with E-state index in [1.165, 1.54) is 0 Å². The van der Waals surface area contributed by atoms with Crippen LogP contribution in [0.25, 0.3) is 6.08 Å². The summed E-state index contributed by atoms with van der Waals surface area (Å²) in [5, 5.41) is 0. The maximum Gasteiger partial charge on any atom is 0.339 e. The van der Waals surface area contributed by atoms with E-state index < -0.39 is 5.97 Å². The van der Waals surface area contributed by atoms with E-state index in [1.807, 2.05) is 13.8 Å². The maximum atomic E-state index is 12.4. The van der Waals surface area contributed by atoms with Gasteiger partial charge >= 0.3 is 5.97 Å². The van der Waals surface area contributed by atoms with E-state index in [4.69, 9.17) is 14.2 Å². The van der Waals surface area contributed by atoms with E-state index >= 15 is 0 Å². The van der Waals surface area contributed by atoms with Gasteiger partial charge in [0.25, 0.3) is 0 Å². The lowest BCUT2D eigenvalue weighted by Gasteiger charge is -2.33. The van der Waals surface area contributed by atoms with Gasteiger partial charge in [0.2, 0.25) is 0 Å². The zero-order chi connectivity index (χ0) is 18.2. The Bertz CT molecular complexity index is 776. The number of methoxy groups -OCH3 is 2. The van der Waals surface area contributed by atoms with Gasteiger partial charge in [-0.2, -0.15) is 0 Å². The van der Waals surface area contributed by atoms with Gasteiger partial charge in [-0.3, -0.25) is 4.79 Å². The third-order valence-electron chi connectivity index (χ3n) is 4.51. The highest BCUT2D eigenvalue weighted by molar-refractivity contribution is 6.04. The van der Waals surface area contributed by atoms with Gasteiger partial charge in [-0.05, 0) is 29.2 Å². The predicted octanol–water partition coefficient (Wildman–Crippen LogP) is 3.68. The fourth-order valence-corrected chi connectivity index (χ4v) is 3.26. The number of benzene rings is 1. The Balaban J connectivity index is 1.95. The molecule has 132 valence electrons. The molecule has 25 heavy (non-hydrogen) atoms. The van der Waals surface area contributed by atoms with Crippen molar-refractivity contribution in [3.05, 3.63) is 40.7 Å². The highest BCUT2D eigenvalue weighted by Gasteiger charge is 2.38. The molecule has 3 rings (SSSR count). The topological polar surface area (TPSA) is 61.8 Å². The highest BCUT2D eigenvalue weighted by Crippen LogP contribution is 2.42. The molecule has 0 saturated carbocycles. The summed E-state index contributed by atoms with van der Waals surface area (Å²) in [5.74, 6) is 1.46. The molecular formula is C20H22O5. The number of carbonyl (C=O) groups excluding carboxylic acids is 2. The minimum absolute atomic E-state index is 0.0628. The van der Waals surface area contributed by atoms with Gasteiger partial charge in [0, 0.05) is 36.5 Å². The van der Waals surface area contributed by atoms with Crippen molar-refractivity contribution in [2.75, 3.05) is 14.2 Å². The molecule has 0 atom stereocenters. The third-order valence-corrected chi connectivity index (χ3v) is 4.51. The monoisotopic (exact) mass is 342 g/mol. The van der Waals surface area contributed by atoms with Crippen molar-refractivity contribution in [3.8, 4) is 11.5 Å². The lowest BCUT2D eigenvalue weighted by atomic mass is 9.74. The van der Waals surface area contributed by atoms with Crippen molar-refractivity contribution >= 4 is 17.8 Å². The Morgan fingerprint density at radius 2 is 1.68 bits per heavy atom. The van der Waals surface area contributed by atoms with Crippen LogP contribution in [-0.2, 0) is 14.3 Å². The van der Waals surface area contributed by atoms with Crippen LogP contribution < -0.4 is 9.47 Å². The number of Topliss-reactive ketones (excluding diaryl/α,β-unsaturated/α-hetero) is 1. The molecule has 0 saturated heterocycles. The van der Waals surface area contributed by atoms with Crippen LogP contribution in [0.15, 0.2) is 35.1 Å². The first-order chi connectivity index (χ1) is 11.8. The van der Waals surface area contributed by atoms with Crippen LogP contribution in [0.4, 0.5) is 0 Å².